The zero-order chi connectivity index (χ0) is 13.6. The molecule has 0 aromatic heterocycles. The van der Waals surface area contributed by atoms with Crippen LogP contribution in [-0.4, -0.2) is 11.1 Å². The van der Waals surface area contributed by atoms with Crippen molar-refractivity contribution in [3.05, 3.63) is 12.2 Å². The number of hydrogen-bond donors (Lipinski definition) is 1. The first-order chi connectivity index (χ1) is 8.70. The average Bonchev–Trinajstić information content (AvgIpc) is 2.35. The van der Waals surface area contributed by atoms with Crippen molar-refractivity contribution in [3.63, 3.8) is 0 Å². The minimum absolute atomic E-state index is 0.257. The summed E-state index contributed by atoms with van der Waals surface area (Å²) in [4.78, 5) is 10.4. The number of carbonyl (C=O) groups is 1. The summed E-state index contributed by atoms with van der Waals surface area (Å²) in [6.45, 7) is 4.46. The maximum absolute atomic E-state index is 10.4. The van der Waals surface area contributed by atoms with Gasteiger partial charge in [-0.2, -0.15) is 0 Å². The quantitative estimate of drug-likeness (QED) is 0.384. The number of carboxylic acid groups (broad SMARTS) is 1. The van der Waals surface area contributed by atoms with Crippen LogP contribution in [-0.2, 0) is 4.79 Å². The molecule has 0 aliphatic rings. The molecular formula is C16H30O2. The van der Waals surface area contributed by atoms with E-state index in [4.69, 9.17) is 5.11 Å². The molecule has 2 heteroatoms. The predicted octanol–water partition coefficient (Wildman–Crippen LogP) is 5.18. The van der Waals surface area contributed by atoms with E-state index in [-0.39, 0.29) is 6.42 Å². The molecule has 0 aromatic carbocycles. The van der Waals surface area contributed by atoms with Crippen LogP contribution < -0.4 is 0 Å². The fourth-order valence-corrected chi connectivity index (χ4v) is 2.13. The summed E-state index contributed by atoms with van der Waals surface area (Å²) < 4.78 is 0. The van der Waals surface area contributed by atoms with Crippen LogP contribution in [0.25, 0.3) is 0 Å². The normalized spacial score (nSPS) is 13.0. The van der Waals surface area contributed by atoms with Crippen molar-refractivity contribution < 1.29 is 9.90 Å². The van der Waals surface area contributed by atoms with Gasteiger partial charge in [-0.1, -0.05) is 64.5 Å². The Labute approximate surface area is 112 Å². The maximum Gasteiger partial charge on any atom is 0.303 e. The van der Waals surface area contributed by atoms with E-state index < -0.39 is 5.97 Å². The highest BCUT2D eigenvalue weighted by molar-refractivity contribution is 5.66. The monoisotopic (exact) mass is 254 g/mol. The van der Waals surface area contributed by atoms with Gasteiger partial charge in [0.15, 0.2) is 0 Å². The van der Waals surface area contributed by atoms with Crippen LogP contribution in [0.15, 0.2) is 12.2 Å². The summed E-state index contributed by atoms with van der Waals surface area (Å²) >= 11 is 0. The highest BCUT2D eigenvalue weighted by Gasteiger charge is 2.04. The lowest BCUT2D eigenvalue weighted by Crippen LogP contribution is -1.97. The largest absolute Gasteiger partial charge is 0.481 e. The SMILES string of the molecule is CCCCCCC(C=CCCC(=O)O)CCCC. The Balaban J connectivity index is 3.85. The van der Waals surface area contributed by atoms with E-state index in [0.29, 0.717) is 12.3 Å². The molecule has 1 unspecified atom stereocenters. The third-order valence-corrected chi connectivity index (χ3v) is 3.29. The molecule has 0 bridgehead atoms. The second kappa shape index (κ2) is 12.7. The van der Waals surface area contributed by atoms with Gasteiger partial charge in [-0.3, -0.25) is 4.79 Å². The van der Waals surface area contributed by atoms with E-state index in [1.807, 2.05) is 0 Å². The van der Waals surface area contributed by atoms with Crippen molar-refractivity contribution in [1.82, 2.24) is 0 Å². The molecule has 0 aromatic rings. The second-order valence-corrected chi connectivity index (χ2v) is 5.11. The molecule has 1 N–H and O–H groups in total. The Kier molecular flexibility index (Phi) is 12.1. The number of carboxylic acids is 1. The third kappa shape index (κ3) is 11.7. The van der Waals surface area contributed by atoms with Crippen molar-refractivity contribution in [2.45, 2.75) is 78.1 Å². The van der Waals surface area contributed by atoms with Crippen molar-refractivity contribution >= 4 is 5.97 Å². The molecule has 0 heterocycles. The van der Waals surface area contributed by atoms with Gasteiger partial charge in [-0.25, -0.2) is 0 Å². The lowest BCUT2D eigenvalue weighted by atomic mass is 9.94. The Morgan fingerprint density at radius 3 is 2.33 bits per heavy atom. The zero-order valence-electron chi connectivity index (χ0n) is 12.2. The van der Waals surface area contributed by atoms with E-state index >= 15 is 0 Å². The van der Waals surface area contributed by atoms with E-state index in [9.17, 15) is 4.79 Å². The number of allylic oxidation sites excluding steroid dienone is 2. The average molecular weight is 254 g/mol. The number of aliphatic carboxylic acids is 1. The van der Waals surface area contributed by atoms with Crippen molar-refractivity contribution in [2.75, 3.05) is 0 Å². The number of hydrogen-bond acceptors (Lipinski definition) is 1. The Bertz CT molecular complexity index is 221. The van der Waals surface area contributed by atoms with E-state index in [2.05, 4.69) is 26.0 Å². The van der Waals surface area contributed by atoms with Gasteiger partial charge in [-0.15, -0.1) is 0 Å². The van der Waals surface area contributed by atoms with Crippen molar-refractivity contribution in [1.29, 1.82) is 0 Å². The van der Waals surface area contributed by atoms with Gasteiger partial charge in [0.05, 0.1) is 0 Å². The first-order valence-electron chi connectivity index (χ1n) is 7.59. The molecule has 0 saturated carbocycles. The van der Waals surface area contributed by atoms with Gasteiger partial charge in [-0.05, 0) is 25.2 Å². The summed E-state index contributed by atoms with van der Waals surface area (Å²) in [5.74, 6) is -0.0386. The maximum atomic E-state index is 10.4. The molecule has 106 valence electrons. The highest BCUT2D eigenvalue weighted by atomic mass is 16.4. The third-order valence-electron chi connectivity index (χ3n) is 3.29. The molecule has 18 heavy (non-hydrogen) atoms. The second-order valence-electron chi connectivity index (χ2n) is 5.11. The molecule has 1 atom stereocenters. The first-order valence-corrected chi connectivity index (χ1v) is 7.59. The van der Waals surface area contributed by atoms with E-state index in [0.717, 1.165) is 0 Å². The predicted molar refractivity (Wildman–Crippen MR) is 77.8 cm³/mol. The molecule has 0 rings (SSSR count). The number of unbranched alkanes of at least 4 members (excludes halogenated alkanes) is 4. The van der Waals surface area contributed by atoms with Gasteiger partial charge in [0.25, 0.3) is 0 Å². The highest BCUT2D eigenvalue weighted by Crippen LogP contribution is 2.19. The van der Waals surface area contributed by atoms with Gasteiger partial charge in [0.2, 0.25) is 0 Å². The van der Waals surface area contributed by atoms with Crippen LogP contribution in [0.4, 0.5) is 0 Å². The van der Waals surface area contributed by atoms with Crippen molar-refractivity contribution in [2.24, 2.45) is 5.92 Å². The lowest BCUT2D eigenvalue weighted by Gasteiger charge is -2.12. The van der Waals surface area contributed by atoms with Crippen LogP contribution in [0.3, 0.4) is 0 Å². The molecule has 0 spiro atoms. The van der Waals surface area contributed by atoms with E-state index in [1.165, 1.54) is 51.4 Å². The Hall–Kier alpha value is -0.790. The Morgan fingerprint density at radius 2 is 1.72 bits per heavy atom. The minimum atomic E-state index is -0.701. The summed E-state index contributed by atoms with van der Waals surface area (Å²) in [6.07, 6.45) is 15.6. The lowest BCUT2D eigenvalue weighted by molar-refractivity contribution is -0.136. The van der Waals surface area contributed by atoms with E-state index in [1.54, 1.807) is 0 Å². The molecule has 0 amide bonds. The van der Waals surface area contributed by atoms with Crippen LogP contribution >= 0.6 is 0 Å². The first kappa shape index (κ1) is 17.2. The topological polar surface area (TPSA) is 37.3 Å². The molecule has 0 fully saturated rings. The molecule has 0 aliphatic carbocycles. The minimum Gasteiger partial charge on any atom is -0.481 e. The smallest absolute Gasteiger partial charge is 0.303 e. The molecule has 2 nitrogen and oxygen atoms in total. The standard InChI is InChI=1S/C16H30O2/c1-3-5-7-8-12-15(11-6-4-2)13-9-10-14-16(17)18/h9,13,15H,3-8,10-12,14H2,1-2H3,(H,17,18). The van der Waals surface area contributed by atoms with Crippen LogP contribution in [0, 0.1) is 5.92 Å². The number of rotatable bonds is 12. The molecule has 0 saturated heterocycles. The van der Waals surface area contributed by atoms with Gasteiger partial charge in [0, 0.05) is 6.42 Å². The summed E-state index contributed by atoms with van der Waals surface area (Å²) in [5, 5.41) is 8.59. The van der Waals surface area contributed by atoms with Crippen LogP contribution in [0.2, 0.25) is 0 Å². The van der Waals surface area contributed by atoms with Gasteiger partial charge < -0.3 is 5.11 Å². The summed E-state index contributed by atoms with van der Waals surface area (Å²) in [5.41, 5.74) is 0. The zero-order valence-corrected chi connectivity index (χ0v) is 12.2. The van der Waals surface area contributed by atoms with Crippen molar-refractivity contribution in [3.8, 4) is 0 Å². The Morgan fingerprint density at radius 1 is 1.06 bits per heavy atom. The summed E-state index contributed by atoms with van der Waals surface area (Å²) in [7, 11) is 0. The van der Waals surface area contributed by atoms with Crippen LogP contribution in [0.5, 0.6) is 0 Å². The molecular weight excluding hydrogens is 224 g/mol. The molecule has 0 radical (unpaired) electrons. The van der Waals surface area contributed by atoms with Gasteiger partial charge in [0.1, 0.15) is 0 Å². The summed E-state index contributed by atoms with van der Waals surface area (Å²) in [6, 6.07) is 0. The fraction of sp³-hybridized carbons (Fsp3) is 0.812. The van der Waals surface area contributed by atoms with Crippen LogP contribution in [0.1, 0.15) is 78.1 Å². The molecule has 0 aliphatic heterocycles. The fourth-order valence-electron chi connectivity index (χ4n) is 2.13. The van der Waals surface area contributed by atoms with Gasteiger partial charge >= 0.3 is 5.97 Å².